The molecule has 5 unspecified atom stereocenters. The third-order valence-electron chi connectivity index (χ3n) is 5.52. The molecule has 1 aliphatic rings. The lowest BCUT2D eigenvalue weighted by molar-refractivity contribution is -0.159. The van der Waals surface area contributed by atoms with Crippen molar-refractivity contribution in [1.82, 2.24) is 0 Å². The van der Waals surface area contributed by atoms with Crippen molar-refractivity contribution in [2.45, 2.75) is 58.4 Å². The zero-order chi connectivity index (χ0) is 22.2. The van der Waals surface area contributed by atoms with E-state index < -0.39 is 12.2 Å². The van der Waals surface area contributed by atoms with E-state index in [4.69, 9.17) is 18.9 Å². The van der Waals surface area contributed by atoms with E-state index in [0.717, 1.165) is 16.7 Å². The largest absolute Gasteiger partial charge is 0.459 e. The minimum absolute atomic E-state index is 0.155. The summed E-state index contributed by atoms with van der Waals surface area (Å²) >= 11 is 0. The topological polar surface area (TPSA) is 54.0 Å². The summed E-state index contributed by atoms with van der Waals surface area (Å²) in [4.78, 5) is 11.8. The molecular formula is C26H32O5. The van der Waals surface area contributed by atoms with Gasteiger partial charge in [0.05, 0.1) is 25.9 Å². The van der Waals surface area contributed by atoms with Crippen molar-refractivity contribution in [3.8, 4) is 0 Å². The molecule has 0 aromatic heterocycles. The van der Waals surface area contributed by atoms with Crippen molar-refractivity contribution in [3.05, 3.63) is 83.9 Å². The first-order chi connectivity index (χ1) is 15.0. The van der Waals surface area contributed by atoms with Gasteiger partial charge in [-0.2, -0.15) is 0 Å². The second-order valence-electron chi connectivity index (χ2n) is 8.13. The highest BCUT2D eigenvalue weighted by atomic mass is 16.6. The highest BCUT2D eigenvalue weighted by Crippen LogP contribution is 2.31. The van der Waals surface area contributed by atoms with Gasteiger partial charge in [-0.15, -0.1) is 0 Å². The summed E-state index contributed by atoms with van der Waals surface area (Å²) in [5.41, 5.74) is 2.96. The predicted molar refractivity (Wildman–Crippen MR) is 119 cm³/mol. The quantitative estimate of drug-likeness (QED) is 0.454. The van der Waals surface area contributed by atoms with E-state index in [0.29, 0.717) is 19.8 Å². The first-order valence-electron chi connectivity index (χ1n) is 10.7. The van der Waals surface area contributed by atoms with Crippen LogP contribution in [0.3, 0.4) is 0 Å². The van der Waals surface area contributed by atoms with E-state index in [9.17, 15) is 4.79 Å². The SMILES string of the molecule is C=C(C)C1OCC(OCc2ccccc2)C(OCc2ccccc2)C(C)C1OC(C)=O. The number of rotatable bonds is 8. The number of hydrogen-bond acceptors (Lipinski definition) is 5. The van der Waals surface area contributed by atoms with E-state index in [2.05, 4.69) is 6.58 Å². The molecule has 5 atom stereocenters. The van der Waals surface area contributed by atoms with Gasteiger partial charge in [-0.25, -0.2) is 0 Å². The lowest BCUT2D eigenvalue weighted by Gasteiger charge is -2.33. The normalized spacial score (nSPS) is 26.1. The molecule has 0 saturated carbocycles. The molecule has 0 spiro atoms. The predicted octanol–water partition coefficient (Wildman–Crippen LogP) is 4.70. The van der Waals surface area contributed by atoms with Gasteiger partial charge >= 0.3 is 5.97 Å². The maximum Gasteiger partial charge on any atom is 0.303 e. The molecule has 0 bridgehead atoms. The molecule has 3 rings (SSSR count). The van der Waals surface area contributed by atoms with Crippen LogP contribution in [0.4, 0.5) is 0 Å². The fourth-order valence-corrected chi connectivity index (χ4v) is 3.92. The number of carbonyl (C=O) groups excluding carboxylic acids is 1. The van der Waals surface area contributed by atoms with Crippen molar-refractivity contribution in [3.63, 3.8) is 0 Å². The van der Waals surface area contributed by atoms with Gasteiger partial charge in [0.15, 0.2) is 0 Å². The van der Waals surface area contributed by atoms with Crippen LogP contribution in [0.15, 0.2) is 72.8 Å². The minimum Gasteiger partial charge on any atom is -0.459 e. The van der Waals surface area contributed by atoms with Crippen LogP contribution in [0.5, 0.6) is 0 Å². The zero-order valence-electron chi connectivity index (χ0n) is 18.5. The van der Waals surface area contributed by atoms with Gasteiger partial charge < -0.3 is 18.9 Å². The summed E-state index contributed by atoms with van der Waals surface area (Å²) in [6.45, 7) is 10.6. The molecule has 5 heteroatoms. The van der Waals surface area contributed by atoms with Crippen LogP contribution in [-0.4, -0.2) is 37.0 Å². The monoisotopic (exact) mass is 424 g/mol. The second-order valence-corrected chi connectivity index (χ2v) is 8.13. The fraction of sp³-hybridized carbons (Fsp3) is 0.423. The Hall–Kier alpha value is -2.47. The molecule has 31 heavy (non-hydrogen) atoms. The molecule has 0 amide bonds. The molecular weight excluding hydrogens is 392 g/mol. The van der Waals surface area contributed by atoms with Gasteiger partial charge in [0, 0.05) is 12.8 Å². The molecule has 1 fully saturated rings. The average molecular weight is 425 g/mol. The smallest absolute Gasteiger partial charge is 0.303 e. The van der Waals surface area contributed by atoms with E-state index in [1.54, 1.807) is 0 Å². The standard InChI is InChI=1S/C26H32O5/c1-18(2)24-26(31-20(4)27)19(3)25(29-16-22-13-9-6-10-14-22)23(17-30-24)28-15-21-11-7-5-8-12-21/h5-14,19,23-26H,1,15-17H2,2-4H3. The third-order valence-corrected chi connectivity index (χ3v) is 5.52. The summed E-state index contributed by atoms with van der Waals surface area (Å²) in [6, 6.07) is 20.0. The summed E-state index contributed by atoms with van der Waals surface area (Å²) in [5.74, 6) is -0.505. The van der Waals surface area contributed by atoms with Crippen LogP contribution in [0, 0.1) is 5.92 Å². The number of carbonyl (C=O) groups is 1. The summed E-state index contributed by atoms with van der Waals surface area (Å²) < 4.78 is 24.5. The van der Waals surface area contributed by atoms with Crippen molar-refractivity contribution in [2.75, 3.05) is 6.61 Å². The maximum absolute atomic E-state index is 11.8. The molecule has 0 radical (unpaired) electrons. The molecule has 1 saturated heterocycles. The minimum atomic E-state index is -0.499. The number of hydrogen-bond donors (Lipinski definition) is 0. The molecule has 5 nitrogen and oxygen atoms in total. The number of ether oxygens (including phenoxy) is 4. The van der Waals surface area contributed by atoms with Gasteiger partial charge in [-0.1, -0.05) is 74.2 Å². The van der Waals surface area contributed by atoms with Gasteiger partial charge in [-0.3, -0.25) is 4.79 Å². The Kier molecular flexibility index (Phi) is 8.41. The van der Waals surface area contributed by atoms with Crippen molar-refractivity contribution in [1.29, 1.82) is 0 Å². The van der Waals surface area contributed by atoms with E-state index in [1.165, 1.54) is 6.92 Å². The lowest BCUT2D eigenvalue weighted by atomic mass is 9.90. The van der Waals surface area contributed by atoms with Crippen LogP contribution in [0.2, 0.25) is 0 Å². The zero-order valence-corrected chi connectivity index (χ0v) is 18.5. The number of benzene rings is 2. The molecule has 1 heterocycles. The Morgan fingerprint density at radius 3 is 2.00 bits per heavy atom. The van der Waals surface area contributed by atoms with Crippen LogP contribution in [0.25, 0.3) is 0 Å². The molecule has 2 aromatic rings. The molecule has 0 N–H and O–H groups in total. The Balaban J connectivity index is 1.82. The molecule has 1 aliphatic heterocycles. The highest BCUT2D eigenvalue weighted by molar-refractivity contribution is 5.66. The highest BCUT2D eigenvalue weighted by Gasteiger charge is 2.43. The summed E-state index contributed by atoms with van der Waals surface area (Å²) in [7, 11) is 0. The van der Waals surface area contributed by atoms with Crippen LogP contribution < -0.4 is 0 Å². The van der Waals surface area contributed by atoms with Crippen LogP contribution in [0.1, 0.15) is 31.9 Å². The average Bonchev–Trinajstić information content (AvgIpc) is 2.89. The Morgan fingerprint density at radius 1 is 0.935 bits per heavy atom. The first-order valence-corrected chi connectivity index (χ1v) is 10.7. The first kappa shape index (κ1) is 23.2. The third kappa shape index (κ3) is 6.50. The molecule has 2 aromatic carbocycles. The van der Waals surface area contributed by atoms with Crippen molar-refractivity contribution in [2.24, 2.45) is 5.92 Å². The summed E-state index contributed by atoms with van der Waals surface area (Å²) in [6.07, 6.45) is -1.55. The van der Waals surface area contributed by atoms with Gasteiger partial charge in [0.1, 0.15) is 18.3 Å². The Bertz CT molecular complexity index is 835. The van der Waals surface area contributed by atoms with E-state index in [-0.39, 0.29) is 24.1 Å². The Labute approximate surface area is 185 Å². The maximum atomic E-state index is 11.8. The van der Waals surface area contributed by atoms with Gasteiger partial charge in [0.25, 0.3) is 0 Å². The van der Waals surface area contributed by atoms with Crippen LogP contribution in [-0.2, 0) is 37.0 Å². The second kappa shape index (κ2) is 11.2. The molecule has 0 aliphatic carbocycles. The lowest BCUT2D eigenvalue weighted by Crippen LogP contribution is -2.44. The molecule has 166 valence electrons. The fourth-order valence-electron chi connectivity index (χ4n) is 3.92. The Morgan fingerprint density at radius 2 is 1.48 bits per heavy atom. The number of esters is 1. The van der Waals surface area contributed by atoms with Crippen molar-refractivity contribution < 1.29 is 23.7 Å². The van der Waals surface area contributed by atoms with Crippen LogP contribution >= 0.6 is 0 Å². The van der Waals surface area contributed by atoms with Crippen molar-refractivity contribution >= 4 is 5.97 Å². The van der Waals surface area contributed by atoms with E-state index >= 15 is 0 Å². The summed E-state index contributed by atoms with van der Waals surface area (Å²) in [5, 5.41) is 0. The van der Waals surface area contributed by atoms with Gasteiger partial charge in [-0.05, 0) is 23.6 Å². The van der Waals surface area contributed by atoms with E-state index in [1.807, 2.05) is 74.5 Å². The van der Waals surface area contributed by atoms with Gasteiger partial charge in [0.2, 0.25) is 0 Å².